The fourth-order valence-electron chi connectivity index (χ4n) is 4.32. The van der Waals surface area contributed by atoms with Crippen LogP contribution in [-0.2, 0) is 19.5 Å². The summed E-state index contributed by atoms with van der Waals surface area (Å²) in [5, 5.41) is 21.3. The molecule has 5 rings (SSSR count). The lowest BCUT2D eigenvalue weighted by atomic mass is 9.99. The van der Waals surface area contributed by atoms with E-state index in [1.54, 1.807) is 12.1 Å². The van der Waals surface area contributed by atoms with Crippen molar-refractivity contribution >= 4 is 11.2 Å². The lowest BCUT2D eigenvalue weighted by Gasteiger charge is -2.35. The van der Waals surface area contributed by atoms with Crippen LogP contribution in [0, 0.1) is 17.1 Å². The largest absolute Gasteiger partial charge is 0.362 e. The van der Waals surface area contributed by atoms with Crippen molar-refractivity contribution in [1.82, 2.24) is 24.7 Å². The number of hydrogen-bond donors (Lipinski definition) is 1. The number of halogens is 2. The smallest absolute Gasteiger partial charge is 0.171 e. The number of fused-ring (bicyclic) bond motifs is 4. The van der Waals surface area contributed by atoms with Crippen molar-refractivity contribution < 1.29 is 8.78 Å². The van der Waals surface area contributed by atoms with E-state index in [2.05, 4.69) is 22.4 Å². The van der Waals surface area contributed by atoms with Crippen molar-refractivity contribution in [3.8, 4) is 6.07 Å². The third kappa shape index (κ3) is 2.41. The minimum atomic E-state index is -0.554. The predicted molar refractivity (Wildman–Crippen MR) is 98.2 cm³/mol. The first kappa shape index (κ1) is 17.1. The maximum atomic E-state index is 14.5. The van der Waals surface area contributed by atoms with Gasteiger partial charge in [0.05, 0.1) is 35.9 Å². The van der Waals surface area contributed by atoms with Crippen molar-refractivity contribution in [3.63, 3.8) is 0 Å². The molecule has 0 amide bonds. The number of rotatable bonds is 2. The van der Waals surface area contributed by atoms with E-state index in [1.165, 1.54) is 4.52 Å². The van der Waals surface area contributed by atoms with Crippen LogP contribution in [0.1, 0.15) is 35.6 Å². The van der Waals surface area contributed by atoms with Crippen LogP contribution in [0.25, 0.3) is 5.52 Å². The maximum Gasteiger partial charge on any atom is 0.171 e. The minimum absolute atomic E-state index is 0.244. The van der Waals surface area contributed by atoms with E-state index in [9.17, 15) is 14.0 Å². The highest BCUT2D eigenvalue weighted by atomic mass is 19.1. The second-order valence-electron chi connectivity index (χ2n) is 7.46. The molecule has 5 heterocycles. The van der Waals surface area contributed by atoms with Gasteiger partial charge >= 0.3 is 0 Å². The van der Waals surface area contributed by atoms with Crippen molar-refractivity contribution in [2.75, 3.05) is 18.1 Å². The van der Waals surface area contributed by atoms with Gasteiger partial charge in [0.25, 0.3) is 0 Å². The van der Waals surface area contributed by atoms with Crippen molar-refractivity contribution in [2.24, 2.45) is 0 Å². The molecule has 0 bridgehead atoms. The molecule has 3 aromatic rings. The zero-order valence-electron chi connectivity index (χ0n) is 15.4. The number of pyridine rings is 1. The number of anilines is 1. The van der Waals surface area contributed by atoms with Crippen LogP contribution in [-0.4, -0.2) is 38.7 Å². The Labute approximate surface area is 160 Å². The van der Waals surface area contributed by atoms with Gasteiger partial charge in [-0.25, -0.2) is 13.3 Å². The van der Waals surface area contributed by atoms with Crippen LogP contribution in [0.4, 0.5) is 14.5 Å². The predicted octanol–water partition coefficient (Wildman–Crippen LogP) is 2.11. The van der Waals surface area contributed by atoms with Gasteiger partial charge < -0.3 is 10.2 Å². The molecule has 0 saturated heterocycles. The first-order valence-electron chi connectivity index (χ1n) is 9.30. The summed E-state index contributed by atoms with van der Waals surface area (Å²) in [6.07, 6.45) is 1.94. The molecular formula is C19H19F2N7. The van der Waals surface area contributed by atoms with Gasteiger partial charge in [0.15, 0.2) is 5.82 Å². The van der Waals surface area contributed by atoms with Gasteiger partial charge in [-0.15, -0.1) is 0 Å². The number of aromatic nitrogens is 4. The molecule has 2 aliphatic heterocycles. The summed E-state index contributed by atoms with van der Waals surface area (Å²) in [6, 6.07) is 5.25. The van der Waals surface area contributed by atoms with Gasteiger partial charge in [0.1, 0.15) is 24.0 Å². The molecule has 0 aliphatic carbocycles. The Balaban J connectivity index is 1.63. The van der Waals surface area contributed by atoms with Gasteiger partial charge in [0, 0.05) is 24.7 Å². The zero-order valence-corrected chi connectivity index (χ0v) is 15.4. The van der Waals surface area contributed by atoms with Crippen molar-refractivity contribution in [2.45, 2.75) is 38.5 Å². The zero-order chi connectivity index (χ0) is 19.4. The Morgan fingerprint density at radius 1 is 1.39 bits per heavy atom. The van der Waals surface area contributed by atoms with Gasteiger partial charge in [0.2, 0.25) is 0 Å². The first-order valence-corrected chi connectivity index (χ1v) is 9.30. The molecule has 144 valence electrons. The van der Waals surface area contributed by atoms with E-state index in [1.807, 2.05) is 15.7 Å². The monoisotopic (exact) mass is 383 g/mol. The first-order chi connectivity index (χ1) is 13.6. The molecular weight excluding hydrogens is 364 g/mol. The van der Waals surface area contributed by atoms with Crippen molar-refractivity contribution in [1.29, 1.82) is 5.26 Å². The summed E-state index contributed by atoms with van der Waals surface area (Å²) < 4.78 is 31.5. The Hall–Kier alpha value is -2.99. The standard InChI is InChI=1S/C19H19F2N7/c1-11-4-14-16(8-23-11)25-27-13(5-20)9-26(10-18(14)27)17-3-2-12(6-22)28-19(17)15(21)7-24-28/h2-3,7,11,13,23H,4-5,8-10H2,1H3/t11-,13?/m1/s1. The lowest BCUT2D eigenvalue weighted by molar-refractivity contribution is 0.308. The number of nitrogens with one attached hydrogen (secondary N) is 1. The molecule has 2 atom stereocenters. The van der Waals surface area contributed by atoms with E-state index in [4.69, 9.17) is 0 Å². The van der Waals surface area contributed by atoms with Crippen molar-refractivity contribution in [3.05, 3.63) is 46.8 Å². The molecule has 0 saturated carbocycles. The second kappa shape index (κ2) is 6.27. The number of alkyl halides is 1. The Morgan fingerprint density at radius 3 is 3.04 bits per heavy atom. The van der Waals surface area contributed by atoms with Crippen LogP contribution in [0.5, 0.6) is 0 Å². The van der Waals surface area contributed by atoms with E-state index >= 15 is 0 Å². The number of hydrogen-bond acceptors (Lipinski definition) is 5. The summed E-state index contributed by atoms with van der Waals surface area (Å²) in [4.78, 5) is 1.97. The highest BCUT2D eigenvalue weighted by molar-refractivity contribution is 5.75. The van der Waals surface area contributed by atoms with Crippen LogP contribution in [0.15, 0.2) is 18.3 Å². The molecule has 7 nitrogen and oxygen atoms in total. The van der Waals surface area contributed by atoms with Gasteiger partial charge in [-0.05, 0) is 25.5 Å². The number of nitriles is 1. The molecule has 1 unspecified atom stereocenters. The Kier molecular flexibility index (Phi) is 3.84. The fraction of sp³-hybridized carbons (Fsp3) is 0.421. The summed E-state index contributed by atoms with van der Waals surface area (Å²) in [5.74, 6) is -0.497. The topological polar surface area (TPSA) is 74.2 Å². The van der Waals surface area contributed by atoms with E-state index in [0.29, 0.717) is 31.4 Å². The van der Waals surface area contributed by atoms with E-state index in [-0.39, 0.29) is 11.2 Å². The van der Waals surface area contributed by atoms with Crippen LogP contribution in [0.3, 0.4) is 0 Å². The normalized spacial score (nSPS) is 21.4. The minimum Gasteiger partial charge on any atom is -0.362 e. The Bertz CT molecular complexity index is 1110. The lowest BCUT2D eigenvalue weighted by Crippen LogP contribution is -2.39. The third-order valence-corrected chi connectivity index (χ3v) is 5.68. The number of nitrogens with zero attached hydrogens (tertiary/aromatic N) is 6. The quantitative estimate of drug-likeness (QED) is 0.734. The van der Waals surface area contributed by atoms with Gasteiger partial charge in [-0.2, -0.15) is 15.5 Å². The van der Waals surface area contributed by atoms with E-state index < -0.39 is 18.5 Å². The summed E-state index contributed by atoms with van der Waals surface area (Å²) in [5.41, 5.74) is 4.22. The summed E-state index contributed by atoms with van der Waals surface area (Å²) in [7, 11) is 0. The highest BCUT2D eigenvalue weighted by Gasteiger charge is 2.33. The molecule has 1 N–H and O–H groups in total. The van der Waals surface area contributed by atoms with E-state index in [0.717, 1.165) is 29.6 Å². The maximum absolute atomic E-state index is 14.5. The highest BCUT2D eigenvalue weighted by Crippen LogP contribution is 2.34. The van der Waals surface area contributed by atoms with Gasteiger partial charge in [-0.1, -0.05) is 0 Å². The SMILES string of the molecule is C[C@@H]1Cc2c(nn3c2CN(c2ccc(C#N)n4ncc(F)c24)CC3CF)CN1. The average Bonchev–Trinajstić information content (AvgIpc) is 3.27. The third-order valence-electron chi connectivity index (χ3n) is 5.68. The van der Waals surface area contributed by atoms with Gasteiger partial charge in [-0.3, -0.25) is 4.68 Å². The second-order valence-corrected chi connectivity index (χ2v) is 7.46. The fourth-order valence-corrected chi connectivity index (χ4v) is 4.32. The molecule has 0 fully saturated rings. The molecule has 2 aliphatic rings. The average molecular weight is 383 g/mol. The molecule has 0 spiro atoms. The van der Waals surface area contributed by atoms with Crippen LogP contribution in [0.2, 0.25) is 0 Å². The van der Waals surface area contributed by atoms with Crippen LogP contribution >= 0.6 is 0 Å². The summed E-state index contributed by atoms with van der Waals surface area (Å²) >= 11 is 0. The Morgan fingerprint density at radius 2 is 2.25 bits per heavy atom. The molecule has 9 heteroatoms. The molecule has 3 aromatic heterocycles. The molecule has 28 heavy (non-hydrogen) atoms. The van der Waals surface area contributed by atoms with Crippen LogP contribution < -0.4 is 10.2 Å². The summed E-state index contributed by atoms with van der Waals surface area (Å²) in [6.45, 7) is 3.12. The molecule has 0 aromatic carbocycles. The molecule has 0 radical (unpaired) electrons.